The van der Waals surface area contributed by atoms with Crippen LogP contribution in [0.2, 0.25) is 0 Å². The van der Waals surface area contributed by atoms with Crippen LogP contribution in [0.1, 0.15) is 5.56 Å². The lowest BCUT2D eigenvalue weighted by atomic mass is 10.1. The van der Waals surface area contributed by atoms with E-state index in [-0.39, 0.29) is 11.7 Å². The Morgan fingerprint density at radius 1 is 1.07 bits per heavy atom. The largest absolute Gasteiger partial charge is 0.325 e. The first-order valence-electron chi connectivity index (χ1n) is 8.59. The molecule has 1 amide bonds. The number of anilines is 1. The molecular formula is C21H18N4OS. The molecule has 0 atom stereocenters. The fourth-order valence-electron chi connectivity index (χ4n) is 2.88. The van der Waals surface area contributed by atoms with Crippen molar-refractivity contribution in [1.82, 2.24) is 15.2 Å². The number of hydrogen-bond acceptors (Lipinski definition) is 4. The molecule has 6 heteroatoms. The maximum absolute atomic E-state index is 12.4. The Balaban J connectivity index is 1.41. The van der Waals surface area contributed by atoms with Gasteiger partial charge in [0.05, 0.1) is 5.75 Å². The summed E-state index contributed by atoms with van der Waals surface area (Å²) >= 11 is 1.31. The minimum Gasteiger partial charge on any atom is -0.325 e. The number of fused-ring (bicyclic) bond motifs is 1. The Bertz CT molecular complexity index is 1100. The van der Waals surface area contributed by atoms with Gasteiger partial charge in [-0.1, -0.05) is 71.9 Å². The van der Waals surface area contributed by atoms with Crippen molar-refractivity contribution in [3.05, 3.63) is 72.3 Å². The van der Waals surface area contributed by atoms with Gasteiger partial charge in [0, 0.05) is 16.6 Å². The summed E-state index contributed by atoms with van der Waals surface area (Å²) < 4.78 is 0. The minimum atomic E-state index is -0.0849. The minimum absolute atomic E-state index is 0.0849. The molecule has 4 rings (SSSR count). The number of H-pyrrole nitrogens is 1. The Morgan fingerprint density at radius 2 is 1.89 bits per heavy atom. The molecule has 0 unspecified atom stereocenters. The molecule has 0 saturated carbocycles. The number of carbonyl (C=O) groups is 1. The number of benzene rings is 3. The second-order valence-electron chi connectivity index (χ2n) is 6.20. The molecule has 0 aliphatic heterocycles. The number of rotatable bonds is 5. The fourth-order valence-corrected chi connectivity index (χ4v) is 3.48. The van der Waals surface area contributed by atoms with E-state index in [1.165, 1.54) is 11.8 Å². The zero-order valence-electron chi connectivity index (χ0n) is 14.8. The Kier molecular flexibility index (Phi) is 4.89. The summed E-state index contributed by atoms with van der Waals surface area (Å²) in [4.78, 5) is 16.8. The van der Waals surface area contributed by atoms with Crippen molar-refractivity contribution in [3.8, 4) is 11.4 Å². The topological polar surface area (TPSA) is 70.7 Å². The number of carbonyl (C=O) groups excluding carboxylic acids is 1. The van der Waals surface area contributed by atoms with Crippen molar-refractivity contribution in [3.63, 3.8) is 0 Å². The van der Waals surface area contributed by atoms with Crippen molar-refractivity contribution in [2.75, 3.05) is 11.1 Å². The molecule has 1 aromatic heterocycles. The molecule has 1 heterocycles. The number of thioether (sulfide) groups is 1. The summed E-state index contributed by atoms with van der Waals surface area (Å²) in [5.41, 5.74) is 2.95. The predicted molar refractivity (Wildman–Crippen MR) is 110 cm³/mol. The molecule has 0 aliphatic rings. The number of aryl methyl sites for hydroxylation is 1. The lowest BCUT2D eigenvalue weighted by molar-refractivity contribution is -0.113. The molecule has 4 aromatic rings. The summed E-state index contributed by atoms with van der Waals surface area (Å²) in [6.07, 6.45) is 0. The zero-order chi connectivity index (χ0) is 18.6. The third-order valence-corrected chi connectivity index (χ3v) is 5.00. The number of amides is 1. The molecule has 0 spiro atoms. The zero-order valence-corrected chi connectivity index (χ0v) is 15.6. The third kappa shape index (κ3) is 4.01. The molecule has 3 aromatic carbocycles. The van der Waals surface area contributed by atoms with Crippen LogP contribution in [0.4, 0.5) is 5.69 Å². The Labute approximate surface area is 161 Å². The van der Waals surface area contributed by atoms with Crippen LogP contribution >= 0.6 is 11.8 Å². The predicted octanol–water partition coefficient (Wildman–Crippen LogP) is 4.66. The van der Waals surface area contributed by atoms with E-state index in [0.29, 0.717) is 11.0 Å². The summed E-state index contributed by atoms with van der Waals surface area (Å²) in [5, 5.41) is 12.8. The summed E-state index contributed by atoms with van der Waals surface area (Å²) in [6, 6.07) is 21.9. The maximum Gasteiger partial charge on any atom is 0.234 e. The highest BCUT2D eigenvalue weighted by Crippen LogP contribution is 2.24. The van der Waals surface area contributed by atoms with Gasteiger partial charge >= 0.3 is 0 Å². The standard InChI is InChI=1S/C21H18N4OS/c1-14-6-4-9-16(12-14)20-23-21(25-24-20)27-13-19(26)22-18-11-5-8-15-7-2-3-10-17(15)18/h2-12H,13H2,1H3,(H,22,26)(H,23,24,25). The lowest BCUT2D eigenvalue weighted by Gasteiger charge is -2.08. The number of hydrogen-bond donors (Lipinski definition) is 2. The first-order valence-corrected chi connectivity index (χ1v) is 9.57. The molecular weight excluding hydrogens is 356 g/mol. The summed E-state index contributed by atoms with van der Waals surface area (Å²) in [7, 11) is 0. The van der Waals surface area contributed by atoms with Gasteiger partial charge in [0.1, 0.15) is 0 Å². The normalized spacial score (nSPS) is 10.9. The number of nitrogens with zero attached hydrogens (tertiary/aromatic N) is 2. The van der Waals surface area contributed by atoms with E-state index in [1.54, 1.807) is 0 Å². The van der Waals surface area contributed by atoms with Gasteiger partial charge in [-0.2, -0.15) is 0 Å². The van der Waals surface area contributed by atoms with E-state index >= 15 is 0 Å². The van der Waals surface area contributed by atoms with Crippen LogP contribution in [0.15, 0.2) is 71.9 Å². The molecule has 2 N–H and O–H groups in total. The lowest BCUT2D eigenvalue weighted by Crippen LogP contribution is -2.14. The van der Waals surface area contributed by atoms with Gasteiger partial charge < -0.3 is 5.32 Å². The highest BCUT2D eigenvalue weighted by Gasteiger charge is 2.10. The van der Waals surface area contributed by atoms with Crippen molar-refractivity contribution >= 4 is 34.1 Å². The fraction of sp³-hybridized carbons (Fsp3) is 0.0952. The van der Waals surface area contributed by atoms with Crippen LogP contribution < -0.4 is 5.32 Å². The average Bonchev–Trinajstić information content (AvgIpc) is 3.16. The Morgan fingerprint density at radius 3 is 2.78 bits per heavy atom. The number of nitrogens with one attached hydrogen (secondary N) is 2. The van der Waals surface area contributed by atoms with E-state index in [9.17, 15) is 4.79 Å². The molecule has 0 bridgehead atoms. The second-order valence-corrected chi connectivity index (χ2v) is 7.14. The number of aromatic nitrogens is 3. The van der Waals surface area contributed by atoms with E-state index < -0.39 is 0 Å². The first-order chi connectivity index (χ1) is 13.2. The number of aromatic amines is 1. The van der Waals surface area contributed by atoms with E-state index in [1.807, 2.05) is 73.7 Å². The molecule has 5 nitrogen and oxygen atoms in total. The van der Waals surface area contributed by atoms with Crippen LogP contribution in [0.5, 0.6) is 0 Å². The van der Waals surface area contributed by atoms with Gasteiger partial charge in [-0.25, -0.2) is 4.98 Å². The second kappa shape index (κ2) is 7.63. The molecule has 0 saturated heterocycles. The molecule has 27 heavy (non-hydrogen) atoms. The first kappa shape index (κ1) is 17.3. The van der Waals surface area contributed by atoms with Crippen LogP contribution in [0.3, 0.4) is 0 Å². The quantitative estimate of drug-likeness (QED) is 0.498. The highest BCUT2D eigenvalue weighted by atomic mass is 32.2. The smallest absolute Gasteiger partial charge is 0.234 e. The van der Waals surface area contributed by atoms with Crippen molar-refractivity contribution in [1.29, 1.82) is 0 Å². The highest BCUT2D eigenvalue weighted by molar-refractivity contribution is 7.99. The van der Waals surface area contributed by atoms with Crippen molar-refractivity contribution < 1.29 is 4.79 Å². The van der Waals surface area contributed by atoms with Crippen LogP contribution in [-0.2, 0) is 4.79 Å². The van der Waals surface area contributed by atoms with E-state index in [2.05, 4.69) is 20.5 Å². The summed E-state index contributed by atoms with van der Waals surface area (Å²) in [6.45, 7) is 2.03. The van der Waals surface area contributed by atoms with Crippen molar-refractivity contribution in [2.45, 2.75) is 12.1 Å². The SMILES string of the molecule is Cc1cccc(-c2nc(SCC(=O)Nc3cccc4ccccc34)n[nH]2)c1. The summed E-state index contributed by atoms with van der Waals surface area (Å²) in [5.74, 6) is 0.864. The molecule has 0 aliphatic carbocycles. The molecule has 0 fully saturated rings. The van der Waals surface area contributed by atoms with E-state index in [0.717, 1.165) is 27.6 Å². The average molecular weight is 374 g/mol. The van der Waals surface area contributed by atoms with Gasteiger partial charge in [-0.05, 0) is 24.4 Å². The van der Waals surface area contributed by atoms with Gasteiger partial charge in [-0.3, -0.25) is 9.89 Å². The van der Waals surface area contributed by atoms with Gasteiger partial charge in [0.15, 0.2) is 5.82 Å². The monoisotopic (exact) mass is 374 g/mol. The third-order valence-electron chi connectivity index (χ3n) is 4.15. The maximum atomic E-state index is 12.4. The molecule has 134 valence electrons. The Hall–Kier alpha value is -3.12. The van der Waals surface area contributed by atoms with Gasteiger partial charge in [0.25, 0.3) is 0 Å². The van der Waals surface area contributed by atoms with Gasteiger partial charge in [-0.15, -0.1) is 5.10 Å². The van der Waals surface area contributed by atoms with Gasteiger partial charge in [0.2, 0.25) is 11.1 Å². The van der Waals surface area contributed by atoms with Crippen LogP contribution in [0, 0.1) is 6.92 Å². The van der Waals surface area contributed by atoms with Crippen LogP contribution in [-0.4, -0.2) is 26.8 Å². The van der Waals surface area contributed by atoms with Crippen LogP contribution in [0.25, 0.3) is 22.2 Å². The molecule has 0 radical (unpaired) electrons. The van der Waals surface area contributed by atoms with E-state index in [4.69, 9.17) is 0 Å². The van der Waals surface area contributed by atoms with Crippen molar-refractivity contribution in [2.24, 2.45) is 0 Å².